The van der Waals surface area contributed by atoms with Crippen LogP contribution in [0.5, 0.6) is 5.75 Å². The van der Waals surface area contributed by atoms with Crippen LogP contribution in [0.15, 0.2) is 72.3 Å². The van der Waals surface area contributed by atoms with Crippen LogP contribution in [0.3, 0.4) is 0 Å². The molecular weight excluding hydrogens is 443 g/mol. The summed E-state index contributed by atoms with van der Waals surface area (Å²) in [7, 11) is 0. The van der Waals surface area contributed by atoms with Gasteiger partial charge in [0, 0.05) is 10.6 Å². The third kappa shape index (κ3) is 5.55. The third-order valence-corrected chi connectivity index (χ3v) is 5.27. The maximum Gasteiger partial charge on any atom is 0.266 e. The van der Waals surface area contributed by atoms with Gasteiger partial charge in [-0.25, -0.2) is 0 Å². The first-order valence-electron chi connectivity index (χ1n) is 8.81. The summed E-state index contributed by atoms with van der Waals surface area (Å²) in [5, 5.41) is 13.2. The molecule has 0 spiro atoms. The molecule has 0 aliphatic carbocycles. The first-order chi connectivity index (χ1) is 14.5. The molecule has 0 aliphatic heterocycles. The molecule has 0 radical (unpaired) electrons. The Morgan fingerprint density at radius 3 is 2.50 bits per heavy atom. The van der Waals surface area contributed by atoms with E-state index in [1.54, 1.807) is 48.5 Å². The number of nitrogens with one attached hydrogen (secondary N) is 1. The number of carbonyl (C=O) groups excluding carboxylic acids is 1. The van der Waals surface area contributed by atoms with Crippen LogP contribution in [0.1, 0.15) is 11.1 Å². The zero-order chi connectivity index (χ0) is 21.5. The van der Waals surface area contributed by atoms with Crippen LogP contribution in [-0.4, -0.2) is 5.91 Å². The summed E-state index contributed by atoms with van der Waals surface area (Å²) in [4.78, 5) is 12.5. The average molecular weight is 458 g/mol. The van der Waals surface area contributed by atoms with Crippen LogP contribution in [0.2, 0.25) is 15.1 Å². The molecule has 0 saturated heterocycles. The Hall–Kier alpha value is -2.97. The SMILES string of the molecule is N#C/C(=C\c1cccc(OCc2ccccc2Cl)c1)C(=O)Nc1cccc(Cl)c1Cl. The number of amides is 1. The van der Waals surface area contributed by atoms with Gasteiger partial charge >= 0.3 is 0 Å². The van der Waals surface area contributed by atoms with E-state index in [0.29, 0.717) is 33.7 Å². The Morgan fingerprint density at radius 2 is 1.73 bits per heavy atom. The Bertz CT molecular complexity index is 1150. The van der Waals surface area contributed by atoms with Crippen molar-refractivity contribution in [1.29, 1.82) is 5.26 Å². The van der Waals surface area contributed by atoms with Crippen molar-refractivity contribution in [3.8, 4) is 11.8 Å². The predicted molar refractivity (Wildman–Crippen MR) is 121 cm³/mol. The molecule has 7 heteroatoms. The van der Waals surface area contributed by atoms with E-state index in [9.17, 15) is 10.1 Å². The van der Waals surface area contributed by atoms with Gasteiger partial charge in [0.05, 0.1) is 15.7 Å². The number of ether oxygens (including phenoxy) is 1. The Kier molecular flexibility index (Phi) is 7.37. The molecule has 4 nitrogen and oxygen atoms in total. The minimum atomic E-state index is -0.593. The fourth-order valence-corrected chi connectivity index (χ4v) is 3.11. The first kappa shape index (κ1) is 21.7. The summed E-state index contributed by atoms with van der Waals surface area (Å²) < 4.78 is 5.78. The van der Waals surface area contributed by atoms with E-state index in [-0.39, 0.29) is 10.6 Å². The largest absolute Gasteiger partial charge is 0.489 e. The van der Waals surface area contributed by atoms with Gasteiger partial charge in [-0.2, -0.15) is 5.26 Å². The fraction of sp³-hybridized carbons (Fsp3) is 0.0435. The Balaban J connectivity index is 1.75. The lowest BCUT2D eigenvalue weighted by Gasteiger charge is -2.09. The predicted octanol–water partition coefficient (Wildman–Crippen LogP) is 6.77. The second-order valence-electron chi connectivity index (χ2n) is 6.18. The van der Waals surface area contributed by atoms with E-state index in [0.717, 1.165) is 5.56 Å². The maximum atomic E-state index is 12.5. The van der Waals surface area contributed by atoms with Crippen LogP contribution in [0, 0.1) is 11.3 Å². The monoisotopic (exact) mass is 456 g/mol. The van der Waals surface area contributed by atoms with E-state index < -0.39 is 5.91 Å². The van der Waals surface area contributed by atoms with Crippen molar-refractivity contribution in [1.82, 2.24) is 0 Å². The summed E-state index contributed by atoms with van der Waals surface area (Å²) >= 11 is 18.2. The summed E-state index contributed by atoms with van der Waals surface area (Å²) in [5.41, 5.74) is 1.73. The molecule has 0 aromatic heterocycles. The highest BCUT2D eigenvalue weighted by Crippen LogP contribution is 2.30. The number of nitrogens with zero attached hydrogens (tertiary/aromatic N) is 1. The third-order valence-electron chi connectivity index (χ3n) is 4.09. The second kappa shape index (κ2) is 10.2. The summed E-state index contributed by atoms with van der Waals surface area (Å²) in [6.45, 7) is 0.297. The van der Waals surface area contributed by atoms with Crippen LogP contribution in [-0.2, 0) is 11.4 Å². The number of hydrogen-bond donors (Lipinski definition) is 1. The van der Waals surface area contributed by atoms with E-state index in [1.165, 1.54) is 6.08 Å². The quantitative estimate of drug-likeness (QED) is 0.328. The maximum absolute atomic E-state index is 12.5. The normalized spacial score (nSPS) is 10.9. The van der Waals surface area contributed by atoms with Gasteiger partial charge in [-0.1, -0.05) is 71.2 Å². The highest BCUT2D eigenvalue weighted by Gasteiger charge is 2.13. The van der Waals surface area contributed by atoms with Gasteiger partial charge in [-0.05, 0) is 42.0 Å². The van der Waals surface area contributed by atoms with Gasteiger partial charge in [0.15, 0.2) is 0 Å². The van der Waals surface area contributed by atoms with Gasteiger partial charge < -0.3 is 10.1 Å². The number of rotatable bonds is 6. The van der Waals surface area contributed by atoms with E-state index in [1.807, 2.05) is 24.3 Å². The Morgan fingerprint density at radius 1 is 1.00 bits per heavy atom. The minimum absolute atomic E-state index is 0.0886. The van der Waals surface area contributed by atoms with Crippen LogP contribution in [0.4, 0.5) is 5.69 Å². The zero-order valence-electron chi connectivity index (χ0n) is 15.5. The van der Waals surface area contributed by atoms with Crippen molar-refractivity contribution in [2.45, 2.75) is 6.61 Å². The van der Waals surface area contributed by atoms with Gasteiger partial charge in [0.1, 0.15) is 24.0 Å². The number of nitriles is 1. The summed E-state index contributed by atoms with van der Waals surface area (Å²) in [6, 6.07) is 21.2. The van der Waals surface area contributed by atoms with Crippen molar-refractivity contribution < 1.29 is 9.53 Å². The molecule has 0 atom stereocenters. The zero-order valence-corrected chi connectivity index (χ0v) is 17.8. The molecule has 0 aliphatic rings. The molecule has 150 valence electrons. The van der Waals surface area contributed by atoms with Crippen molar-refractivity contribution in [2.75, 3.05) is 5.32 Å². The van der Waals surface area contributed by atoms with Crippen molar-refractivity contribution in [3.63, 3.8) is 0 Å². The Labute approximate surface area is 189 Å². The molecule has 0 bridgehead atoms. The number of hydrogen-bond acceptors (Lipinski definition) is 3. The van der Waals surface area contributed by atoms with E-state index in [4.69, 9.17) is 39.5 Å². The molecule has 1 N–H and O–H groups in total. The van der Waals surface area contributed by atoms with Gasteiger partial charge in [0.2, 0.25) is 0 Å². The fourth-order valence-electron chi connectivity index (χ4n) is 2.58. The number of halogens is 3. The summed E-state index contributed by atoms with van der Waals surface area (Å²) in [6.07, 6.45) is 1.47. The highest BCUT2D eigenvalue weighted by molar-refractivity contribution is 6.44. The lowest BCUT2D eigenvalue weighted by Crippen LogP contribution is -2.13. The van der Waals surface area contributed by atoms with Crippen molar-refractivity contribution in [2.24, 2.45) is 0 Å². The second-order valence-corrected chi connectivity index (χ2v) is 7.37. The molecule has 30 heavy (non-hydrogen) atoms. The molecule has 3 aromatic carbocycles. The van der Waals surface area contributed by atoms with Gasteiger partial charge in [-0.15, -0.1) is 0 Å². The standard InChI is InChI=1S/C23H15Cl3N2O2/c24-19-8-2-1-6-16(19)14-30-18-7-3-5-15(12-18)11-17(13-27)23(29)28-21-10-4-9-20(25)22(21)26/h1-12H,14H2,(H,28,29)/b17-11+. The smallest absolute Gasteiger partial charge is 0.266 e. The first-order valence-corrected chi connectivity index (χ1v) is 9.95. The highest BCUT2D eigenvalue weighted by atomic mass is 35.5. The van der Waals surface area contributed by atoms with Crippen LogP contribution >= 0.6 is 34.8 Å². The molecule has 1 amide bonds. The topological polar surface area (TPSA) is 62.1 Å². The molecule has 0 heterocycles. The van der Waals surface area contributed by atoms with Crippen LogP contribution in [0.25, 0.3) is 6.08 Å². The minimum Gasteiger partial charge on any atom is -0.489 e. The van der Waals surface area contributed by atoms with Crippen LogP contribution < -0.4 is 10.1 Å². The van der Waals surface area contributed by atoms with Gasteiger partial charge in [-0.3, -0.25) is 4.79 Å². The molecular formula is C23H15Cl3N2O2. The van der Waals surface area contributed by atoms with Crippen molar-refractivity contribution in [3.05, 3.63) is 98.5 Å². The number of carbonyl (C=O) groups is 1. The molecule has 3 rings (SSSR count). The van der Waals surface area contributed by atoms with Gasteiger partial charge in [0.25, 0.3) is 5.91 Å². The molecule has 0 unspecified atom stereocenters. The lowest BCUT2D eigenvalue weighted by molar-refractivity contribution is -0.112. The average Bonchev–Trinajstić information content (AvgIpc) is 2.75. The molecule has 0 saturated carbocycles. The number of benzene rings is 3. The molecule has 0 fully saturated rings. The van der Waals surface area contributed by atoms with Crippen molar-refractivity contribution >= 4 is 52.5 Å². The number of anilines is 1. The van der Waals surface area contributed by atoms with E-state index in [2.05, 4.69) is 5.32 Å². The lowest BCUT2D eigenvalue weighted by atomic mass is 10.1. The van der Waals surface area contributed by atoms with E-state index >= 15 is 0 Å². The summed E-state index contributed by atoms with van der Waals surface area (Å²) in [5.74, 6) is -0.0108. The molecule has 3 aromatic rings.